The highest BCUT2D eigenvalue weighted by Crippen LogP contribution is 2.24. The van der Waals surface area contributed by atoms with Crippen LogP contribution in [-0.4, -0.2) is 24.4 Å². The highest BCUT2D eigenvalue weighted by atomic mass is 32.2. The first-order valence-electron chi connectivity index (χ1n) is 9.31. The molecule has 28 heavy (non-hydrogen) atoms. The van der Waals surface area contributed by atoms with Gasteiger partial charge in [-0.3, -0.25) is 0 Å². The number of halogens is 2. The van der Waals surface area contributed by atoms with Crippen LogP contribution in [0.4, 0.5) is 19.3 Å². The smallest absolute Gasteiger partial charge is 0.319 e. The van der Waals surface area contributed by atoms with Gasteiger partial charge in [0.05, 0.1) is 12.7 Å². The molecule has 1 aliphatic carbocycles. The summed E-state index contributed by atoms with van der Waals surface area (Å²) < 4.78 is 33.0. The summed E-state index contributed by atoms with van der Waals surface area (Å²) in [5, 5.41) is 5.84. The Labute approximate surface area is 168 Å². The topological polar surface area (TPSA) is 50.4 Å². The second-order valence-corrected chi connectivity index (χ2v) is 7.69. The van der Waals surface area contributed by atoms with Crippen LogP contribution >= 0.6 is 11.8 Å². The van der Waals surface area contributed by atoms with Crippen molar-refractivity contribution in [2.75, 3.05) is 11.6 Å². The van der Waals surface area contributed by atoms with Gasteiger partial charge in [-0.25, -0.2) is 13.6 Å². The van der Waals surface area contributed by atoms with Crippen molar-refractivity contribution in [1.82, 2.24) is 5.32 Å². The van der Waals surface area contributed by atoms with Gasteiger partial charge in [-0.1, -0.05) is 12.1 Å². The SMILES string of the molecule is CSc1cccc(NC(=O)N[C@H]2CC[C@H](OCc3c(F)cccc3F)CC2)c1. The number of carbonyl (C=O) groups is 1. The van der Waals surface area contributed by atoms with Crippen molar-refractivity contribution in [3.63, 3.8) is 0 Å². The summed E-state index contributed by atoms with van der Waals surface area (Å²) in [7, 11) is 0. The molecule has 0 aromatic heterocycles. The lowest BCUT2D eigenvalue weighted by Gasteiger charge is -2.29. The van der Waals surface area contributed by atoms with Crippen molar-refractivity contribution in [3.05, 3.63) is 59.7 Å². The Morgan fingerprint density at radius 2 is 1.79 bits per heavy atom. The van der Waals surface area contributed by atoms with Gasteiger partial charge in [0.1, 0.15) is 11.6 Å². The van der Waals surface area contributed by atoms with Gasteiger partial charge in [-0.15, -0.1) is 11.8 Å². The van der Waals surface area contributed by atoms with Crippen LogP contribution in [0.5, 0.6) is 0 Å². The molecule has 3 rings (SSSR count). The summed E-state index contributed by atoms with van der Waals surface area (Å²) in [4.78, 5) is 13.3. The third-order valence-electron chi connectivity index (χ3n) is 4.86. The number of benzene rings is 2. The van der Waals surface area contributed by atoms with Gasteiger partial charge in [0.15, 0.2) is 0 Å². The molecule has 1 fully saturated rings. The van der Waals surface area contributed by atoms with Gasteiger partial charge in [-0.2, -0.15) is 0 Å². The molecule has 0 heterocycles. The van der Waals surface area contributed by atoms with Crippen molar-refractivity contribution in [2.45, 2.75) is 49.3 Å². The third kappa shape index (κ3) is 5.69. The number of urea groups is 1. The maximum atomic E-state index is 13.7. The maximum absolute atomic E-state index is 13.7. The van der Waals surface area contributed by atoms with E-state index in [0.717, 1.165) is 36.3 Å². The van der Waals surface area contributed by atoms with Crippen molar-refractivity contribution >= 4 is 23.5 Å². The molecule has 2 N–H and O–H groups in total. The summed E-state index contributed by atoms with van der Waals surface area (Å²) in [6, 6.07) is 11.3. The number of carbonyl (C=O) groups excluding carboxylic acids is 1. The highest BCUT2D eigenvalue weighted by molar-refractivity contribution is 7.98. The molecule has 0 bridgehead atoms. The quantitative estimate of drug-likeness (QED) is 0.637. The zero-order chi connectivity index (χ0) is 19.9. The summed E-state index contributed by atoms with van der Waals surface area (Å²) >= 11 is 1.62. The Morgan fingerprint density at radius 1 is 1.11 bits per heavy atom. The highest BCUT2D eigenvalue weighted by Gasteiger charge is 2.23. The number of ether oxygens (including phenoxy) is 1. The van der Waals surface area contributed by atoms with Crippen molar-refractivity contribution < 1.29 is 18.3 Å². The largest absolute Gasteiger partial charge is 0.373 e. The lowest BCUT2D eigenvalue weighted by molar-refractivity contribution is 0.00964. The number of rotatable bonds is 6. The van der Waals surface area contributed by atoms with Gasteiger partial charge in [0.25, 0.3) is 0 Å². The van der Waals surface area contributed by atoms with Crippen LogP contribution in [0.3, 0.4) is 0 Å². The summed E-state index contributed by atoms with van der Waals surface area (Å²) in [5.41, 5.74) is 0.725. The molecular formula is C21H24F2N2O2S. The molecule has 7 heteroatoms. The monoisotopic (exact) mass is 406 g/mol. The van der Waals surface area contributed by atoms with Crippen LogP contribution in [0.25, 0.3) is 0 Å². The Kier molecular flexibility index (Phi) is 7.28. The Morgan fingerprint density at radius 3 is 2.46 bits per heavy atom. The first kappa shape index (κ1) is 20.6. The van der Waals surface area contributed by atoms with Crippen LogP contribution in [0.2, 0.25) is 0 Å². The normalized spacial score (nSPS) is 19.2. The molecule has 4 nitrogen and oxygen atoms in total. The van der Waals surface area contributed by atoms with Crippen molar-refractivity contribution in [3.8, 4) is 0 Å². The van der Waals surface area contributed by atoms with Gasteiger partial charge in [0, 0.05) is 22.2 Å². The number of anilines is 1. The number of amides is 2. The Hall–Kier alpha value is -2.12. The van der Waals surface area contributed by atoms with Crippen LogP contribution in [0.1, 0.15) is 31.2 Å². The molecule has 2 aromatic carbocycles. The van der Waals surface area contributed by atoms with Crippen LogP contribution < -0.4 is 10.6 Å². The van der Waals surface area contributed by atoms with Gasteiger partial charge >= 0.3 is 6.03 Å². The molecule has 0 saturated heterocycles. The van der Waals surface area contributed by atoms with E-state index in [1.54, 1.807) is 11.8 Å². The zero-order valence-electron chi connectivity index (χ0n) is 15.7. The average Bonchev–Trinajstić information content (AvgIpc) is 2.69. The van der Waals surface area contributed by atoms with Crippen LogP contribution in [-0.2, 0) is 11.3 Å². The second kappa shape index (κ2) is 9.89. The molecule has 0 aliphatic heterocycles. The molecule has 0 unspecified atom stereocenters. The summed E-state index contributed by atoms with van der Waals surface area (Å²) in [5.74, 6) is -1.17. The van der Waals surface area contributed by atoms with E-state index in [-0.39, 0.29) is 30.3 Å². The number of hydrogen-bond donors (Lipinski definition) is 2. The van der Waals surface area contributed by atoms with Crippen molar-refractivity contribution in [1.29, 1.82) is 0 Å². The minimum absolute atomic E-state index is 0.0328. The zero-order valence-corrected chi connectivity index (χ0v) is 16.5. The molecule has 2 aromatic rings. The second-order valence-electron chi connectivity index (χ2n) is 6.82. The third-order valence-corrected chi connectivity index (χ3v) is 5.59. The summed E-state index contributed by atoms with van der Waals surface area (Å²) in [6.45, 7) is -0.0759. The molecule has 0 atom stereocenters. The lowest BCUT2D eigenvalue weighted by Crippen LogP contribution is -2.41. The molecule has 1 saturated carbocycles. The molecule has 0 radical (unpaired) electrons. The standard InChI is InChI=1S/C21H24F2N2O2S/c1-28-17-5-2-4-15(12-17)25-21(26)24-14-8-10-16(11-9-14)27-13-18-19(22)6-3-7-20(18)23/h2-7,12,14,16H,8-11,13H2,1H3,(H2,24,25,26)/t14-,16-. The lowest BCUT2D eigenvalue weighted by atomic mass is 9.93. The molecule has 150 valence electrons. The van der Waals surface area contributed by atoms with Crippen molar-refractivity contribution in [2.24, 2.45) is 0 Å². The van der Waals surface area contributed by atoms with E-state index in [2.05, 4.69) is 10.6 Å². The molecule has 2 amide bonds. The van der Waals surface area contributed by atoms with Crippen LogP contribution in [0, 0.1) is 11.6 Å². The van der Waals surface area contributed by atoms with E-state index in [4.69, 9.17) is 4.74 Å². The predicted molar refractivity (Wildman–Crippen MR) is 108 cm³/mol. The molecular weight excluding hydrogens is 382 g/mol. The molecule has 1 aliphatic rings. The first-order chi connectivity index (χ1) is 13.5. The average molecular weight is 406 g/mol. The first-order valence-corrected chi connectivity index (χ1v) is 10.5. The number of nitrogens with one attached hydrogen (secondary N) is 2. The fourth-order valence-electron chi connectivity index (χ4n) is 3.30. The molecule has 0 spiro atoms. The van der Waals surface area contributed by atoms with Gasteiger partial charge in [0.2, 0.25) is 0 Å². The Bertz CT molecular complexity index is 790. The van der Waals surface area contributed by atoms with E-state index >= 15 is 0 Å². The van der Waals surface area contributed by atoms with E-state index < -0.39 is 11.6 Å². The Balaban J connectivity index is 1.42. The van der Waals surface area contributed by atoms with E-state index in [9.17, 15) is 13.6 Å². The fourth-order valence-corrected chi connectivity index (χ4v) is 3.76. The number of thioether (sulfide) groups is 1. The van der Waals surface area contributed by atoms with E-state index in [1.807, 2.05) is 30.5 Å². The predicted octanol–water partition coefficient (Wildman–Crippen LogP) is 5.34. The van der Waals surface area contributed by atoms with E-state index in [1.165, 1.54) is 18.2 Å². The van der Waals surface area contributed by atoms with Gasteiger partial charge < -0.3 is 15.4 Å². The van der Waals surface area contributed by atoms with Gasteiger partial charge in [-0.05, 0) is 62.3 Å². The van der Waals surface area contributed by atoms with E-state index in [0.29, 0.717) is 0 Å². The number of hydrogen-bond acceptors (Lipinski definition) is 3. The fraction of sp³-hybridized carbons (Fsp3) is 0.381. The maximum Gasteiger partial charge on any atom is 0.319 e. The minimum atomic E-state index is -0.586. The summed E-state index contributed by atoms with van der Waals surface area (Å²) in [6.07, 6.45) is 4.94. The van der Waals surface area contributed by atoms with Crippen LogP contribution in [0.15, 0.2) is 47.4 Å². The minimum Gasteiger partial charge on any atom is -0.373 e.